The maximum Gasteiger partial charge on any atom is 0.418 e. The molecule has 3 aromatic rings. The Labute approximate surface area is 220 Å². The molecule has 0 atom stereocenters. The first-order valence-corrected chi connectivity index (χ1v) is 12.7. The van der Waals surface area contributed by atoms with Gasteiger partial charge in [-0.3, -0.25) is 0 Å². The molecule has 0 N–H and O–H groups in total. The van der Waals surface area contributed by atoms with E-state index in [2.05, 4.69) is 0 Å². The number of hydrogen-bond donors (Lipinski definition) is 0. The number of carbonyl (C=O) groups excluding carboxylic acids is 2. The van der Waals surface area contributed by atoms with E-state index in [1.54, 1.807) is 23.0 Å². The van der Waals surface area contributed by atoms with E-state index in [4.69, 9.17) is 19.4 Å². The molecule has 8 nitrogen and oxygen atoms in total. The molecule has 0 saturated carbocycles. The van der Waals surface area contributed by atoms with Crippen molar-refractivity contribution in [2.24, 2.45) is 0 Å². The lowest BCUT2D eigenvalue weighted by Gasteiger charge is -2.09. The zero-order chi connectivity index (χ0) is 27.1. The largest absolute Gasteiger partial charge is 0.449 e. The molecule has 194 valence electrons. The first-order valence-electron chi connectivity index (χ1n) is 12.7. The normalized spacial score (nSPS) is 12.2. The molecule has 3 aromatic heterocycles. The van der Waals surface area contributed by atoms with Crippen LogP contribution in [0.15, 0.2) is 24.3 Å². The average molecular weight is 511 g/mol. The van der Waals surface area contributed by atoms with Crippen LogP contribution in [0.2, 0.25) is 0 Å². The monoisotopic (exact) mass is 510 g/mol. The Hall–Kier alpha value is -4.46. The van der Waals surface area contributed by atoms with Crippen molar-refractivity contribution in [3.05, 3.63) is 69.3 Å². The van der Waals surface area contributed by atoms with Crippen LogP contribution in [0.3, 0.4) is 0 Å². The van der Waals surface area contributed by atoms with Crippen LogP contribution < -0.4 is 0 Å². The van der Waals surface area contributed by atoms with Crippen LogP contribution in [0.5, 0.6) is 0 Å². The van der Waals surface area contributed by atoms with Gasteiger partial charge in [0.1, 0.15) is 0 Å². The Kier molecular flexibility index (Phi) is 6.48. The van der Waals surface area contributed by atoms with Crippen molar-refractivity contribution >= 4 is 58.6 Å². The molecular formula is C30H30N4O4. The van der Waals surface area contributed by atoms with Gasteiger partial charge in [-0.15, -0.1) is 0 Å². The first kappa shape index (κ1) is 25.2. The fourth-order valence-corrected chi connectivity index (χ4v) is 4.90. The van der Waals surface area contributed by atoms with E-state index >= 15 is 0 Å². The standard InChI is InChI=1S/C30H30N4O4/c1-7-37-29(35)33-25-13-14-26(33)18(4)22-10-12-24(32-22)20(6)28-16-15-27(34(28)30(36)38-8-2)19(5)23-11-9-21(31-23)17(25)3/h9-16H,7-8H2,1-6H3. The Morgan fingerprint density at radius 2 is 0.842 bits per heavy atom. The highest BCUT2D eigenvalue weighted by atomic mass is 16.6. The van der Waals surface area contributed by atoms with Crippen molar-refractivity contribution in [1.82, 2.24) is 19.1 Å². The second-order valence-corrected chi connectivity index (χ2v) is 9.21. The summed E-state index contributed by atoms with van der Waals surface area (Å²) in [6.07, 6.45) is 6.78. The second kappa shape index (κ2) is 9.78. The maximum absolute atomic E-state index is 13.1. The zero-order valence-corrected chi connectivity index (χ0v) is 22.5. The third-order valence-electron chi connectivity index (χ3n) is 7.02. The molecule has 0 aliphatic carbocycles. The van der Waals surface area contributed by atoms with Gasteiger partial charge in [0.05, 0.1) is 58.1 Å². The van der Waals surface area contributed by atoms with Gasteiger partial charge in [0.2, 0.25) is 0 Å². The third-order valence-corrected chi connectivity index (χ3v) is 7.02. The summed E-state index contributed by atoms with van der Waals surface area (Å²) < 4.78 is 14.0. The Balaban J connectivity index is 2.00. The lowest BCUT2D eigenvalue weighted by molar-refractivity contribution is 0.155. The minimum Gasteiger partial charge on any atom is -0.449 e. The summed E-state index contributed by atoms with van der Waals surface area (Å²) in [5.41, 5.74) is 8.98. The SMILES string of the molecule is CCOC(=O)n1c2ccc1c(C)c1nc(c(C)c3ccc(c(C)c4nc(c2C)C=C4)n3C(=O)OCC)C=C1. The predicted molar refractivity (Wildman–Crippen MR) is 150 cm³/mol. The molecule has 0 amide bonds. The smallest absolute Gasteiger partial charge is 0.418 e. The molecule has 5 rings (SSSR count). The number of carbonyl (C=O) groups is 2. The average Bonchev–Trinajstić information content (AvgIpc) is 3.71. The molecule has 0 radical (unpaired) electrons. The molecule has 0 spiro atoms. The summed E-state index contributed by atoms with van der Waals surface area (Å²) in [7, 11) is 0. The first-order chi connectivity index (χ1) is 18.3. The van der Waals surface area contributed by atoms with Crippen LogP contribution in [0.4, 0.5) is 9.59 Å². The molecule has 38 heavy (non-hydrogen) atoms. The molecule has 0 saturated heterocycles. The van der Waals surface area contributed by atoms with Crippen LogP contribution in [0.25, 0.3) is 46.4 Å². The predicted octanol–water partition coefficient (Wildman–Crippen LogP) is 6.85. The Morgan fingerprint density at radius 3 is 1.08 bits per heavy atom. The number of aromatic nitrogens is 4. The van der Waals surface area contributed by atoms with E-state index in [9.17, 15) is 9.59 Å². The Morgan fingerprint density at radius 1 is 0.579 bits per heavy atom. The molecule has 2 aliphatic heterocycles. The number of hydrogen-bond acceptors (Lipinski definition) is 6. The number of fused-ring (bicyclic) bond motifs is 8. The van der Waals surface area contributed by atoms with Gasteiger partial charge in [0.15, 0.2) is 0 Å². The number of nitrogens with zero attached hydrogens (tertiary/aromatic N) is 4. The van der Waals surface area contributed by atoms with Crippen LogP contribution >= 0.6 is 0 Å². The maximum atomic E-state index is 13.1. The van der Waals surface area contributed by atoms with Crippen molar-refractivity contribution in [1.29, 1.82) is 0 Å². The van der Waals surface area contributed by atoms with Crippen LogP contribution in [-0.4, -0.2) is 44.5 Å². The summed E-state index contributed by atoms with van der Waals surface area (Å²) in [4.78, 5) is 36.1. The van der Waals surface area contributed by atoms with E-state index in [-0.39, 0.29) is 13.2 Å². The quantitative estimate of drug-likeness (QED) is 0.258. The van der Waals surface area contributed by atoms with Gasteiger partial charge in [-0.25, -0.2) is 28.7 Å². The van der Waals surface area contributed by atoms with Gasteiger partial charge in [0, 0.05) is 0 Å². The van der Waals surface area contributed by atoms with Gasteiger partial charge in [-0.1, -0.05) is 0 Å². The molecule has 5 heterocycles. The summed E-state index contributed by atoms with van der Waals surface area (Å²) >= 11 is 0. The molecule has 0 aromatic carbocycles. The zero-order valence-electron chi connectivity index (χ0n) is 22.5. The van der Waals surface area contributed by atoms with Gasteiger partial charge in [-0.2, -0.15) is 0 Å². The highest BCUT2D eigenvalue weighted by Gasteiger charge is 2.19. The molecule has 2 aliphatic rings. The minimum atomic E-state index is -0.454. The number of ether oxygens (including phenoxy) is 2. The van der Waals surface area contributed by atoms with Crippen molar-refractivity contribution in [3.63, 3.8) is 0 Å². The van der Waals surface area contributed by atoms with Crippen LogP contribution in [0.1, 0.15) is 58.9 Å². The molecule has 0 unspecified atom stereocenters. The van der Waals surface area contributed by atoms with E-state index in [1.165, 1.54) is 0 Å². The summed E-state index contributed by atoms with van der Waals surface area (Å²) in [6.45, 7) is 11.8. The minimum absolute atomic E-state index is 0.259. The van der Waals surface area contributed by atoms with E-state index in [1.807, 2.05) is 76.3 Å². The second-order valence-electron chi connectivity index (χ2n) is 9.21. The number of aryl methyl sites for hydroxylation is 4. The topological polar surface area (TPSA) is 88.2 Å². The third kappa shape index (κ3) is 4.02. The van der Waals surface area contributed by atoms with Gasteiger partial charge >= 0.3 is 12.2 Å². The molecule has 0 fully saturated rings. The van der Waals surface area contributed by atoms with Gasteiger partial charge in [0.25, 0.3) is 0 Å². The highest BCUT2D eigenvalue weighted by Crippen LogP contribution is 2.29. The van der Waals surface area contributed by atoms with Gasteiger partial charge < -0.3 is 9.47 Å². The van der Waals surface area contributed by atoms with E-state index in [0.29, 0.717) is 22.1 Å². The molecule has 8 heteroatoms. The molecule has 8 bridgehead atoms. The van der Waals surface area contributed by atoms with Crippen molar-refractivity contribution < 1.29 is 19.1 Å². The van der Waals surface area contributed by atoms with Crippen LogP contribution in [0, 0.1) is 27.7 Å². The summed E-state index contributed by atoms with van der Waals surface area (Å²) in [5.74, 6) is 0. The van der Waals surface area contributed by atoms with Gasteiger partial charge in [-0.05, 0) is 112 Å². The lowest BCUT2D eigenvalue weighted by atomic mass is 10.2. The van der Waals surface area contributed by atoms with Crippen molar-refractivity contribution in [3.8, 4) is 0 Å². The van der Waals surface area contributed by atoms with E-state index in [0.717, 1.165) is 45.0 Å². The summed E-state index contributed by atoms with van der Waals surface area (Å²) in [5, 5.41) is 0. The van der Waals surface area contributed by atoms with Crippen LogP contribution in [-0.2, 0) is 9.47 Å². The highest BCUT2D eigenvalue weighted by molar-refractivity contribution is 5.92. The fourth-order valence-electron chi connectivity index (χ4n) is 4.90. The lowest BCUT2D eigenvalue weighted by Crippen LogP contribution is -2.14. The van der Waals surface area contributed by atoms with Crippen molar-refractivity contribution in [2.45, 2.75) is 41.5 Å². The van der Waals surface area contributed by atoms with E-state index < -0.39 is 12.2 Å². The molecular weight excluding hydrogens is 480 g/mol. The Bertz CT molecular complexity index is 1490. The fraction of sp³-hybridized carbons (Fsp3) is 0.267. The number of rotatable bonds is 2. The van der Waals surface area contributed by atoms with Crippen molar-refractivity contribution in [2.75, 3.05) is 13.2 Å². The summed E-state index contributed by atoms with van der Waals surface area (Å²) in [6, 6.07) is 7.64.